The molecule has 1 heteroatoms. The molecule has 1 saturated carbocycles. The molecule has 0 spiro atoms. The van der Waals surface area contributed by atoms with Crippen molar-refractivity contribution in [2.45, 2.75) is 57.8 Å². The molecular weight excluding hydrogens is 307 g/mol. The van der Waals surface area contributed by atoms with Crippen LogP contribution in [-0.2, 0) is 6.42 Å². The van der Waals surface area contributed by atoms with Crippen LogP contribution in [0.15, 0.2) is 60.9 Å². The summed E-state index contributed by atoms with van der Waals surface area (Å²) in [6, 6.07) is 18.1. The van der Waals surface area contributed by atoms with E-state index in [9.17, 15) is 4.39 Å². The molecule has 1 aliphatic rings. The molecule has 0 unspecified atom stereocenters. The van der Waals surface area contributed by atoms with Gasteiger partial charge in [-0.3, -0.25) is 0 Å². The molecule has 0 heterocycles. The minimum Gasteiger partial charge on any atom is -0.216 e. The van der Waals surface area contributed by atoms with E-state index in [1.807, 2.05) is 0 Å². The van der Waals surface area contributed by atoms with Gasteiger partial charge in [0.05, 0.1) is 6.33 Å². The number of allylic oxidation sites excluding steroid dienone is 1. The second-order valence-corrected chi connectivity index (χ2v) is 7.33. The predicted molar refractivity (Wildman–Crippen MR) is 105 cm³/mol. The van der Waals surface area contributed by atoms with Crippen molar-refractivity contribution in [3.8, 4) is 11.1 Å². The maximum absolute atomic E-state index is 12.0. The third-order valence-electron chi connectivity index (χ3n) is 5.76. The number of hydrogen-bond donors (Lipinski definition) is 0. The van der Waals surface area contributed by atoms with Gasteiger partial charge in [0.1, 0.15) is 0 Å². The van der Waals surface area contributed by atoms with Crippen molar-refractivity contribution in [2.75, 3.05) is 0 Å². The smallest absolute Gasteiger partial charge is 0.0827 e. The van der Waals surface area contributed by atoms with E-state index < -0.39 is 0 Å². The summed E-state index contributed by atoms with van der Waals surface area (Å²) in [4.78, 5) is 0. The highest BCUT2D eigenvalue weighted by atomic mass is 19.1. The molecule has 132 valence electrons. The van der Waals surface area contributed by atoms with Crippen LogP contribution in [0.25, 0.3) is 11.1 Å². The van der Waals surface area contributed by atoms with E-state index in [0.717, 1.165) is 25.2 Å². The van der Waals surface area contributed by atoms with Crippen molar-refractivity contribution in [1.29, 1.82) is 0 Å². The van der Waals surface area contributed by atoms with Gasteiger partial charge in [-0.15, -0.1) is 0 Å². The van der Waals surface area contributed by atoms with Crippen molar-refractivity contribution in [3.63, 3.8) is 0 Å². The molecule has 0 aliphatic heterocycles. The lowest BCUT2D eigenvalue weighted by atomic mass is 9.77. The maximum atomic E-state index is 12.0. The zero-order valence-electron chi connectivity index (χ0n) is 15.3. The van der Waals surface area contributed by atoms with Crippen LogP contribution in [0.3, 0.4) is 0 Å². The molecule has 25 heavy (non-hydrogen) atoms. The van der Waals surface area contributed by atoms with Crippen LogP contribution in [0, 0.1) is 5.92 Å². The van der Waals surface area contributed by atoms with Gasteiger partial charge in [0.15, 0.2) is 0 Å². The van der Waals surface area contributed by atoms with E-state index in [4.69, 9.17) is 0 Å². The van der Waals surface area contributed by atoms with E-state index in [0.29, 0.717) is 12.2 Å². The molecule has 0 aromatic heterocycles. The molecule has 1 fully saturated rings. The Bertz CT molecular complexity index is 658. The highest BCUT2D eigenvalue weighted by Gasteiger charge is 2.21. The van der Waals surface area contributed by atoms with Crippen LogP contribution in [0.4, 0.5) is 4.39 Å². The quantitative estimate of drug-likeness (QED) is 0.514. The Morgan fingerprint density at radius 1 is 0.880 bits per heavy atom. The number of benzene rings is 2. The second-order valence-electron chi connectivity index (χ2n) is 7.33. The van der Waals surface area contributed by atoms with Gasteiger partial charge in [-0.1, -0.05) is 61.5 Å². The SMILES string of the molecule is CCc1ccc(-c2ccc(C3CCC(CC/C=C/F)CC3)cc2)cc1. The van der Waals surface area contributed by atoms with Crippen molar-refractivity contribution >= 4 is 0 Å². The lowest BCUT2D eigenvalue weighted by Crippen LogP contribution is -2.13. The first-order valence-corrected chi connectivity index (χ1v) is 9.74. The highest BCUT2D eigenvalue weighted by Crippen LogP contribution is 2.38. The van der Waals surface area contributed by atoms with E-state index in [1.165, 1.54) is 47.9 Å². The topological polar surface area (TPSA) is 0 Å². The average Bonchev–Trinajstić information content (AvgIpc) is 2.69. The molecule has 0 N–H and O–H groups in total. The monoisotopic (exact) mass is 336 g/mol. The minimum absolute atomic E-state index is 0.684. The van der Waals surface area contributed by atoms with E-state index >= 15 is 0 Å². The normalized spacial score (nSPS) is 20.9. The summed E-state index contributed by atoms with van der Waals surface area (Å²) in [5.41, 5.74) is 5.47. The molecule has 0 bridgehead atoms. The molecule has 3 rings (SSSR count). The van der Waals surface area contributed by atoms with Gasteiger partial charge >= 0.3 is 0 Å². The first-order chi connectivity index (χ1) is 12.3. The van der Waals surface area contributed by atoms with Gasteiger partial charge in [0.25, 0.3) is 0 Å². The van der Waals surface area contributed by atoms with E-state index in [1.54, 1.807) is 6.08 Å². The highest BCUT2D eigenvalue weighted by molar-refractivity contribution is 5.64. The van der Waals surface area contributed by atoms with Crippen LogP contribution in [0.5, 0.6) is 0 Å². The van der Waals surface area contributed by atoms with Crippen LogP contribution >= 0.6 is 0 Å². The third kappa shape index (κ3) is 4.81. The van der Waals surface area contributed by atoms with Gasteiger partial charge in [-0.25, -0.2) is 4.39 Å². The molecule has 0 atom stereocenters. The fourth-order valence-electron chi connectivity index (χ4n) is 4.06. The van der Waals surface area contributed by atoms with Gasteiger partial charge in [0.2, 0.25) is 0 Å². The number of hydrogen-bond acceptors (Lipinski definition) is 0. The fraction of sp³-hybridized carbons (Fsp3) is 0.417. The molecule has 1 aliphatic carbocycles. The van der Waals surface area contributed by atoms with Crippen LogP contribution in [0.2, 0.25) is 0 Å². The van der Waals surface area contributed by atoms with Crippen molar-refractivity contribution < 1.29 is 4.39 Å². The Balaban J connectivity index is 1.57. The molecule has 0 saturated heterocycles. The first kappa shape index (κ1) is 17.9. The zero-order valence-corrected chi connectivity index (χ0v) is 15.3. The number of aryl methyl sites for hydroxylation is 1. The minimum atomic E-state index is 0.684. The van der Waals surface area contributed by atoms with Gasteiger partial charge in [-0.2, -0.15) is 0 Å². The summed E-state index contributed by atoms with van der Waals surface area (Å²) in [5, 5.41) is 0. The molecular formula is C24H29F. The summed E-state index contributed by atoms with van der Waals surface area (Å²) in [6.07, 6.45) is 10.6. The fourth-order valence-corrected chi connectivity index (χ4v) is 4.06. The summed E-state index contributed by atoms with van der Waals surface area (Å²) < 4.78 is 12.0. The third-order valence-corrected chi connectivity index (χ3v) is 5.76. The van der Waals surface area contributed by atoms with E-state index in [-0.39, 0.29) is 0 Å². The lowest BCUT2D eigenvalue weighted by molar-refractivity contribution is 0.311. The van der Waals surface area contributed by atoms with E-state index in [2.05, 4.69) is 55.5 Å². The second kappa shape index (κ2) is 8.99. The Morgan fingerprint density at radius 3 is 2.04 bits per heavy atom. The first-order valence-electron chi connectivity index (χ1n) is 9.74. The Morgan fingerprint density at radius 2 is 1.48 bits per heavy atom. The predicted octanol–water partition coefficient (Wildman–Crippen LogP) is 7.45. The van der Waals surface area contributed by atoms with Gasteiger partial charge < -0.3 is 0 Å². The van der Waals surface area contributed by atoms with Gasteiger partial charge in [-0.05, 0) is 79.0 Å². The van der Waals surface area contributed by atoms with Crippen LogP contribution in [-0.4, -0.2) is 0 Å². The molecule has 0 nitrogen and oxygen atoms in total. The molecule has 2 aromatic carbocycles. The lowest BCUT2D eigenvalue weighted by Gasteiger charge is -2.28. The summed E-state index contributed by atoms with van der Waals surface area (Å²) in [7, 11) is 0. The maximum Gasteiger partial charge on any atom is 0.0827 e. The average molecular weight is 336 g/mol. The van der Waals surface area contributed by atoms with Crippen molar-refractivity contribution in [2.24, 2.45) is 5.92 Å². The standard InChI is InChI=1S/C24H29F/c1-2-19-6-10-21(11-7-19)23-14-16-24(17-15-23)22-12-8-20(9-13-22)5-3-4-18-25/h4,6-7,10-11,14-18,20,22H,2-3,5,8-9,12-13H2,1H3/b18-4+. The van der Waals surface area contributed by atoms with Gasteiger partial charge in [0, 0.05) is 0 Å². The van der Waals surface area contributed by atoms with Crippen LogP contribution in [0.1, 0.15) is 62.5 Å². The number of halogens is 1. The molecule has 0 radical (unpaired) electrons. The Kier molecular flexibility index (Phi) is 6.44. The Labute approximate surface area is 151 Å². The summed E-state index contributed by atoms with van der Waals surface area (Å²) in [6.45, 7) is 2.19. The van der Waals surface area contributed by atoms with Crippen LogP contribution < -0.4 is 0 Å². The Hall–Kier alpha value is -1.89. The van der Waals surface area contributed by atoms with Crippen molar-refractivity contribution in [1.82, 2.24) is 0 Å². The molecule has 0 amide bonds. The molecule has 2 aromatic rings. The van der Waals surface area contributed by atoms with Crippen molar-refractivity contribution in [3.05, 3.63) is 72.1 Å². The number of rotatable bonds is 6. The largest absolute Gasteiger partial charge is 0.216 e. The summed E-state index contributed by atoms with van der Waals surface area (Å²) in [5.74, 6) is 1.48. The zero-order chi connectivity index (χ0) is 17.5. The summed E-state index contributed by atoms with van der Waals surface area (Å²) >= 11 is 0.